The molecule has 1 unspecified atom stereocenters. The first-order chi connectivity index (χ1) is 11.1. The van der Waals surface area contributed by atoms with E-state index in [4.69, 9.17) is 4.74 Å². The van der Waals surface area contributed by atoms with Gasteiger partial charge in [0.1, 0.15) is 5.75 Å². The van der Waals surface area contributed by atoms with Crippen molar-refractivity contribution >= 4 is 18.3 Å². The number of likely N-dealkylation sites (tertiary alicyclic amines) is 1. The van der Waals surface area contributed by atoms with E-state index in [1.807, 2.05) is 23.1 Å². The van der Waals surface area contributed by atoms with Gasteiger partial charge in [-0.15, -0.1) is 12.4 Å². The van der Waals surface area contributed by atoms with Crippen LogP contribution in [0.3, 0.4) is 0 Å². The highest BCUT2D eigenvalue weighted by atomic mass is 35.5. The lowest BCUT2D eigenvalue weighted by Crippen LogP contribution is -2.41. The fourth-order valence-corrected chi connectivity index (χ4v) is 3.19. The topological polar surface area (TPSA) is 41.6 Å². The molecule has 0 aromatic heterocycles. The van der Waals surface area contributed by atoms with Crippen molar-refractivity contribution in [3.63, 3.8) is 0 Å². The molecule has 1 heterocycles. The lowest BCUT2D eigenvalue weighted by atomic mass is 9.94. The zero-order chi connectivity index (χ0) is 16.7. The van der Waals surface area contributed by atoms with Crippen molar-refractivity contribution in [1.82, 2.24) is 10.2 Å². The Hall–Kier alpha value is -1.26. The molecule has 4 nitrogen and oxygen atoms in total. The number of carbonyl (C=O) groups excluding carboxylic acids is 1. The Labute approximate surface area is 152 Å². The number of piperidine rings is 1. The summed E-state index contributed by atoms with van der Waals surface area (Å²) in [5.74, 6) is 2.07. The molecule has 24 heavy (non-hydrogen) atoms. The van der Waals surface area contributed by atoms with Crippen molar-refractivity contribution in [2.24, 2.45) is 5.92 Å². The average molecular weight is 355 g/mol. The van der Waals surface area contributed by atoms with E-state index in [0.29, 0.717) is 6.42 Å². The molecule has 0 aliphatic carbocycles. The molecule has 1 aliphatic heterocycles. The molecule has 1 amide bonds. The molecule has 1 fully saturated rings. The van der Waals surface area contributed by atoms with Gasteiger partial charge < -0.3 is 15.0 Å². The Kier molecular flexibility index (Phi) is 9.16. The smallest absolute Gasteiger partial charge is 0.223 e. The molecule has 0 radical (unpaired) electrons. The Bertz CT molecular complexity index is 502. The van der Waals surface area contributed by atoms with Gasteiger partial charge >= 0.3 is 0 Å². The van der Waals surface area contributed by atoms with Gasteiger partial charge in [0, 0.05) is 19.5 Å². The molecular weight excluding hydrogens is 324 g/mol. The third-order valence-electron chi connectivity index (χ3n) is 4.79. The summed E-state index contributed by atoms with van der Waals surface area (Å²) in [5.41, 5.74) is 1.17. The molecule has 5 heteroatoms. The van der Waals surface area contributed by atoms with E-state index in [0.717, 1.165) is 50.7 Å². The van der Waals surface area contributed by atoms with Crippen LogP contribution in [-0.4, -0.2) is 44.1 Å². The summed E-state index contributed by atoms with van der Waals surface area (Å²) in [6.45, 7) is 8.17. The first-order valence-electron chi connectivity index (χ1n) is 8.76. The zero-order valence-electron chi connectivity index (χ0n) is 15.1. The largest absolute Gasteiger partial charge is 0.497 e. The van der Waals surface area contributed by atoms with Gasteiger partial charge in [-0.2, -0.15) is 0 Å². The van der Waals surface area contributed by atoms with Gasteiger partial charge in [0.15, 0.2) is 0 Å². The second-order valence-corrected chi connectivity index (χ2v) is 6.51. The summed E-state index contributed by atoms with van der Waals surface area (Å²) in [6, 6.07) is 8.03. The summed E-state index contributed by atoms with van der Waals surface area (Å²) in [6.07, 6.45) is 2.81. The Morgan fingerprint density at radius 1 is 1.38 bits per heavy atom. The van der Waals surface area contributed by atoms with Gasteiger partial charge in [-0.3, -0.25) is 4.79 Å². The minimum Gasteiger partial charge on any atom is -0.497 e. The number of rotatable bonds is 7. The number of nitrogens with zero attached hydrogens (tertiary/aromatic N) is 1. The molecule has 1 aromatic carbocycles. The SMILES string of the molecule is CCNCC1CCN(C(=O)CC(C)c2cccc(OC)c2)CC1.Cl. The van der Waals surface area contributed by atoms with Crippen LogP contribution >= 0.6 is 12.4 Å². The number of hydrogen-bond acceptors (Lipinski definition) is 3. The van der Waals surface area contributed by atoms with Crippen LogP contribution < -0.4 is 10.1 Å². The van der Waals surface area contributed by atoms with E-state index in [2.05, 4.69) is 25.2 Å². The summed E-state index contributed by atoms with van der Waals surface area (Å²) >= 11 is 0. The molecule has 1 aliphatic rings. The van der Waals surface area contributed by atoms with Crippen molar-refractivity contribution in [2.75, 3.05) is 33.3 Å². The van der Waals surface area contributed by atoms with E-state index in [9.17, 15) is 4.79 Å². The molecule has 0 spiro atoms. The second kappa shape index (κ2) is 10.6. The zero-order valence-corrected chi connectivity index (χ0v) is 15.9. The van der Waals surface area contributed by atoms with E-state index in [1.54, 1.807) is 7.11 Å². The molecule has 1 atom stereocenters. The van der Waals surface area contributed by atoms with Gasteiger partial charge in [-0.25, -0.2) is 0 Å². The van der Waals surface area contributed by atoms with Gasteiger partial charge in [0.05, 0.1) is 7.11 Å². The predicted molar refractivity (Wildman–Crippen MR) is 101 cm³/mol. The van der Waals surface area contributed by atoms with E-state index >= 15 is 0 Å². The highest BCUT2D eigenvalue weighted by Gasteiger charge is 2.23. The number of hydrogen-bond donors (Lipinski definition) is 1. The number of methoxy groups -OCH3 is 1. The molecular formula is C19H31ClN2O2. The third kappa shape index (κ3) is 5.99. The predicted octanol–water partition coefficient (Wildman–Crippen LogP) is 3.46. The van der Waals surface area contributed by atoms with Crippen LogP contribution in [-0.2, 0) is 4.79 Å². The van der Waals surface area contributed by atoms with Crippen molar-refractivity contribution in [3.8, 4) is 5.75 Å². The van der Waals surface area contributed by atoms with Crippen molar-refractivity contribution in [2.45, 2.75) is 39.0 Å². The highest BCUT2D eigenvalue weighted by Crippen LogP contribution is 2.25. The van der Waals surface area contributed by atoms with Gasteiger partial charge in [0.25, 0.3) is 0 Å². The minimum atomic E-state index is 0. The van der Waals surface area contributed by atoms with E-state index in [-0.39, 0.29) is 24.2 Å². The number of nitrogens with one attached hydrogen (secondary N) is 1. The van der Waals surface area contributed by atoms with Crippen LogP contribution in [0.15, 0.2) is 24.3 Å². The number of amides is 1. The van der Waals surface area contributed by atoms with Gasteiger partial charge in [-0.05, 0) is 55.5 Å². The molecule has 1 N–H and O–H groups in total. The van der Waals surface area contributed by atoms with Crippen LogP contribution in [0, 0.1) is 5.92 Å². The van der Waals surface area contributed by atoms with E-state index in [1.165, 1.54) is 5.56 Å². The summed E-state index contributed by atoms with van der Waals surface area (Å²) < 4.78 is 5.27. The third-order valence-corrected chi connectivity index (χ3v) is 4.79. The molecule has 1 saturated heterocycles. The number of halogens is 1. The Balaban J connectivity index is 0.00000288. The minimum absolute atomic E-state index is 0. The summed E-state index contributed by atoms with van der Waals surface area (Å²) in [4.78, 5) is 14.6. The first kappa shape index (κ1) is 20.8. The van der Waals surface area contributed by atoms with Crippen LogP contribution in [0.2, 0.25) is 0 Å². The first-order valence-corrected chi connectivity index (χ1v) is 8.76. The molecule has 1 aromatic rings. The molecule has 0 saturated carbocycles. The van der Waals surface area contributed by atoms with E-state index < -0.39 is 0 Å². The molecule has 136 valence electrons. The number of ether oxygens (including phenoxy) is 1. The van der Waals surface area contributed by atoms with Crippen LogP contribution in [0.25, 0.3) is 0 Å². The number of benzene rings is 1. The highest BCUT2D eigenvalue weighted by molar-refractivity contribution is 5.85. The van der Waals surface area contributed by atoms with Crippen molar-refractivity contribution in [3.05, 3.63) is 29.8 Å². The maximum absolute atomic E-state index is 12.5. The lowest BCUT2D eigenvalue weighted by Gasteiger charge is -2.32. The van der Waals surface area contributed by atoms with Crippen LogP contribution in [0.5, 0.6) is 5.75 Å². The standard InChI is InChI=1S/C19H30N2O2.ClH/c1-4-20-14-16-8-10-21(11-9-16)19(22)12-15(2)17-6-5-7-18(13-17)23-3;/h5-7,13,15-16,20H,4,8-12,14H2,1-3H3;1H. The Morgan fingerprint density at radius 2 is 2.08 bits per heavy atom. The lowest BCUT2D eigenvalue weighted by molar-refractivity contribution is -0.132. The van der Waals surface area contributed by atoms with Crippen LogP contribution in [0.4, 0.5) is 0 Å². The monoisotopic (exact) mass is 354 g/mol. The quantitative estimate of drug-likeness (QED) is 0.815. The average Bonchev–Trinajstić information content (AvgIpc) is 2.60. The van der Waals surface area contributed by atoms with Crippen molar-refractivity contribution in [1.29, 1.82) is 0 Å². The van der Waals surface area contributed by atoms with Crippen LogP contribution in [0.1, 0.15) is 44.6 Å². The van der Waals surface area contributed by atoms with Gasteiger partial charge in [0.2, 0.25) is 5.91 Å². The maximum atomic E-state index is 12.5. The fraction of sp³-hybridized carbons (Fsp3) is 0.632. The Morgan fingerprint density at radius 3 is 2.71 bits per heavy atom. The van der Waals surface area contributed by atoms with Crippen molar-refractivity contribution < 1.29 is 9.53 Å². The summed E-state index contributed by atoms with van der Waals surface area (Å²) in [7, 11) is 1.67. The molecule has 2 rings (SSSR count). The second-order valence-electron chi connectivity index (χ2n) is 6.51. The fourth-order valence-electron chi connectivity index (χ4n) is 3.19. The maximum Gasteiger partial charge on any atom is 0.223 e. The normalized spacial score (nSPS) is 16.4. The summed E-state index contributed by atoms with van der Waals surface area (Å²) in [5, 5.41) is 3.41. The van der Waals surface area contributed by atoms with Gasteiger partial charge in [-0.1, -0.05) is 26.0 Å². The molecule has 0 bridgehead atoms. The number of carbonyl (C=O) groups is 1.